The predicted molar refractivity (Wildman–Crippen MR) is 85.0 cm³/mol. The van der Waals surface area contributed by atoms with Gasteiger partial charge in [-0.2, -0.15) is 0 Å². The average molecular weight is 310 g/mol. The van der Waals surface area contributed by atoms with Crippen molar-refractivity contribution < 1.29 is 4.74 Å². The number of nitrogens with zero attached hydrogens (tertiary/aromatic N) is 3. The fraction of sp³-hybridized carbons (Fsp3) is 0.538. The van der Waals surface area contributed by atoms with Gasteiger partial charge in [0.15, 0.2) is 10.3 Å². The van der Waals surface area contributed by atoms with Crippen molar-refractivity contribution in [3.63, 3.8) is 0 Å². The molecule has 0 aliphatic carbocycles. The van der Waals surface area contributed by atoms with E-state index in [9.17, 15) is 0 Å². The van der Waals surface area contributed by atoms with Crippen LogP contribution in [0.4, 0.5) is 10.3 Å². The largest absolute Gasteiger partial charge is 0.378 e. The second-order valence-electron chi connectivity index (χ2n) is 4.57. The van der Waals surface area contributed by atoms with Gasteiger partial charge in [-0.3, -0.25) is 0 Å². The van der Waals surface area contributed by atoms with Crippen LogP contribution in [0.2, 0.25) is 0 Å². The first-order valence-electron chi connectivity index (χ1n) is 6.85. The number of nitrogens with one attached hydrogen (secondary N) is 1. The van der Waals surface area contributed by atoms with Crippen molar-refractivity contribution >= 4 is 32.9 Å². The van der Waals surface area contributed by atoms with E-state index in [1.54, 1.807) is 22.7 Å². The van der Waals surface area contributed by atoms with Gasteiger partial charge in [0, 0.05) is 31.2 Å². The van der Waals surface area contributed by atoms with Gasteiger partial charge >= 0.3 is 0 Å². The lowest BCUT2D eigenvalue weighted by atomic mass is 10.4. The van der Waals surface area contributed by atoms with E-state index in [1.165, 1.54) is 0 Å². The Labute approximate surface area is 126 Å². The van der Waals surface area contributed by atoms with E-state index in [2.05, 4.69) is 32.5 Å². The second-order valence-corrected chi connectivity index (χ2v) is 6.44. The minimum Gasteiger partial charge on any atom is -0.378 e. The number of aromatic nitrogens is 2. The minimum atomic E-state index is 0.788. The summed E-state index contributed by atoms with van der Waals surface area (Å²) in [5.74, 6) is 0. The van der Waals surface area contributed by atoms with Crippen molar-refractivity contribution in [3.8, 4) is 10.6 Å². The van der Waals surface area contributed by atoms with Gasteiger partial charge < -0.3 is 15.0 Å². The highest BCUT2D eigenvalue weighted by atomic mass is 32.1. The fourth-order valence-corrected chi connectivity index (χ4v) is 3.73. The van der Waals surface area contributed by atoms with Gasteiger partial charge in [0.05, 0.1) is 23.8 Å². The Kier molecular flexibility index (Phi) is 4.49. The molecule has 7 heteroatoms. The molecule has 3 rings (SSSR count). The van der Waals surface area contributed by atoms with Crippen LogP contribution in [0.3, 0.4) is 0 Å². The van der Waals surface area contributed by atoms with Gasteiger partial charge in [-0.1, -0.05) is 18.3 Å². The third-order valence-corrected chi connectivity index (χ3v) is 4.94. The fourth-order valence-electron chi connectivity index (χ4n) is 1.98. The summed E-state index contributed by atoms with van der Waals surface area (Å²) in [7, 11) is 0. The van der Waals surface area contributed by atoms with E-state index in [1.807, 2.05) is 6.20 Å². The van der Waals surface area contributed by atoms with E-state index in [0.29, 0.717) is 0 Å². The van der Waals surface area contributed by atoms with Crippen molar-refractivity contribution in [3.05, 3.63) is 11.6 Å². The van der Waals surface area contributed by atoms with Crippen LogP contribution in [0.15, 0.2) is 11.6 Å². The summed E-state index contributed by atoms with van der Waals surface area (Å²) in [5, 5.41) is 7.47. The van der Waals surface area contributed by atoms with E-state index < -0.39 is 0 Å². The maximum absolute atomic E-state index is 5.37. The zero-order valence-electron chi connectivity index (χ0n) is 11.5. The van der Waals surface area contributed by atoms with Crippen LogP contribution < -0.4 is 10.2 Å². The summed E-state index contributed by atoms with van der Waals surface area (Å²) in [6, 6.07) is 0. The molecule has 1 aliphatic heterocycles. The van der Waals surface area contributed by atoms with Crippen LogP contribution in [-0.4, -0.2) is 42.8 Å². The first kappa shape index (κ1) is 13.8. The van der Waals surface area contributed by atoms with Crippen LogP contribution in [0.25, 0.3) is 10.6 Å². The smallest absolute Gasteiger partial charge is 0.186 e. The quantitative estimate of drug-likeness (QED) is 0.920. The van der Waals surface area contributed by atoms with E-state index in [4.69, 9.17) is 4.74 Å². The minimum absolute atomic E-state index is 0.788. The number of ether oxygens (including phenoxy) is 1. The van der Waals surface area contributed by atoms with Gasteiger partial charge in [-0.15, -0.1) is 11.3 Å². The van der Waals surface area contributed by atoms with Crippen molar-refractivity contribution in [2.45, 2.75) is 13.3 Å². The van der Waals surface area contributed by atoms with Gasteiger partial charge in [-0.25, -0.2) is 9.97 Å². The Morgan fingerprint density at radius 3 is 3.05 bits per heavy atom. The summed E-state index contributed by atoms with van der Waals surface area (Å²) in [4.78, 5) is 12.5. The topological polar surface area (TPSA) is 50.3 Å². The van der Waals surface area contributed by atoms with E-state index in [-0.39, 0.29) is 0 Å². The normalized spacial score (nSPS) is 15.6. The zero-order chi connectivity index (χ0) is 13.8. The van der Waals surface area contributed by atoms with E-state index >= 15 is 0 Å². The number of hydrogen-bond acceptors (Lipinski definition) is 7. The maximum atomic E-state index is 5.37. The molecule has 2 aromatic rings. The lowest BCUT2D eigenvalue weighted by molar-refractivity contribution is 0.122. The first-order valence-corrected chi connectivity index (χ1v) is 8.54. The molecule has 1 N–H and O–H groups in total. The van der Waals surface area contributed by atoms with Gasteiger partial charge in [0.2, 0.25) is 0 Å². The van der Waals surface area contributed by atoms with Gasteiger partial charge in [0.25, 0.3) is 0 Å². The third kappa shape index (κ3) is 3.11. The molecule has 0 saturated carbocycles. The van der Waals surface area contributed by atoms with Crippen LogP contribution in [-0.2, 0) is 4.74 Å². The lowest BCUT2D eigenvalue weighted by Crippen LogP contribution is -2.36. The molecule has 20 heavy (non-hydrogen) atoms. The summed E-state index contributed by atoms with van der Waals surface area (Å²) in [6.45, 7) is 6.54. The number of anilines is 2. The van der Waals surface area contributed by atoms with Crippen molar-refractivity contribution in [1.82, 2.24) is 9.97 Å². The summed E-state index contributed by atoms with van der Waals surface area (Å²) in [5.41, 5.74) is 1.02. The molecule has 3 heterocycles. The molecule has 2 aromatic heterocycles. The lowest BCUT2D eigenvalue weighted by Gasteiger charge is -2.25. The molecule has 1 fully saturated rings. The molecule has 1 saturated heterocycles. The highest BCUT2D eigenvalue weighted by Gasteiger charge is 2.16. The van der Waals surface area contributed by atoms with Gasteiger partial charge in [0.1, 0.15) is 0 Å². The SMILES string of the molecule is CCCNc1nc(-c2cnc(N3CCOCC3)s2)cs1. The Morgan fingerprint density at radius 2 is 2.25 bits per heavy atom. The zero-order valence-corrected chi connectivity index (χ0v) is 13.1. The molecule has 0 bridgehead atoms. The molecular weight excluding hydrogens is 292 g/mol. The summed E-state index contributed by atoms with van der Waals surface area (Å²) in [6.07, 6.45) is 3.03. The van der Waals surface area contributed by atoms with Crippen LogP contribution in [0.5, 0.6) is 0 Å². The molecule has 0 aromatic carbocycles. The maximum Gasteiger partial charge on any atom is 0.186 e. The average Bonchev–Trinajstić information content (AvgIpc) is 3.15. The number of morpholine rings is 1. The molecular formula is C13H18N4OS2. The summed E-state index contributed by atoms with van der Waals surface area (Å²) < 4.78 is 5.37. The number of thiazole rings is 2. The van der Waals surface area contributed by atoms with Crippen LogP contribution in [0.1, 0.15) is 13.3 Å². The third-order valence-electron chi connectivity index (χ3n) is 3.06. The molecule has 0 amide bonds. The molecule has 0 radical (unpaired) electrons. The van der Waals surface area contributed by atoms with Crippen molar-refractivity contribution in [2.75, 3.05) is 43.1 Å². The molecule has 0 unspecified atom stereocenters. The highest BCUT2D eigenvalue weighted by Crippen LogP contribution is 2.33. The first-order chi connectivity index (χ1) is 9.86. The predicted octanol–water partition coefficient (Wildman–Crippen LogP) is 2.93. The molecule has 0 spiro atoms. The van der Waals surface area contributed by atoms with Crippen molar-refractivity contribution in [1.29, 1.82) is 0 Å². The molecule has 108 valence electrons. The van der Waals surface area contributed by atoms with Crippen LogP contribution >= 0.6 is 22.7 Å². The highest BCUT2D eigenvalue weighted by molar-refractivity contribution is 7.19. The number of hydrogen-bond donors (Lipinski definition) is 1. The Morgan fingerprint density at radius 1 is 1.40 bits per heavy atom. The monoisotopic (exact) mass is 310 g/mol. The van der Waals surface area contributed by atoms with Gasteiger partial charge in [-0.05, 0) is 6.42 Å². The Balaban J connectivity index is 1.70. The molecule has 1 aliphatic rings. The molecule has 0 atom stereocenters. The summed E-state index contributed by atoms with van der Waals surface area (Å²) >= 11 is 3.36. The van der Waals surface area contributed by atoms with Crippen molar-refractivity contribution in [2.24, 2.45) is 0 Å². The molecule has 5 nitrogen and oxygen atoms in total. The van der Waals surface area contributed by atoms with E-state index in [0.717, 1.165) is 60.1 Å². The Bertz CT molecular complexity index is 548. The Hall–Kier alpha value is -1.18. The van der Waals surface area contributed by atoms with Crippen LogP contribution in [0, 0.1) is 0 Å². The number of rotatable bonds is 5. The second kappa shape index (κ2) is 6.51. The standard InChI is InChI=1S/C13H18N4OS2/c1-2-3-14-12-16-10(9-19-12)11-8-15-13(20-11)17-4-6-18-7-5-17/h8-9H,2-7H2,1H3,(H,14,16).